The quantitative estimate of drug-likeness (QED) is 0.478. The Morgan fingerprint density at radius 1 is 1.50 bits per heavy atom. The molecule has 3 N–H and O–H groups in total. The Balaban J connectivity index is 4.01. The van der Waals surface area contributed by atoms with Crippen molar-refractivity contribution in [3.63, 3.8) is 0 Å². The number of hydrogen-bond donors (Lipinski definition) is 3. The summed E-state index contributed by atoms with van der Waals surface area (Å²) in [5.74, 6) is -0.0966. The molecule has 0 saturated carbocycles. The summed E-state index contributed by atoms with van der Waals surface area (Å²) in [5, 5.41) is 20.9. The molecule has 0 aliphatic carbocycles. The van der Waals surface area contributed by atoms with Crippen LogP contribution in [0.4, 0.5) is 0 Å². The molecule has 1 amide bonds. The Kier molecular flexibility index (Phi) is 6.96. The molecule has 0 bridgehead atoms. The van der Waals surface area contributed by atoms with Gasteiger partial charge in [0.05, 0.1) is 19.8 Å². The predicted molar refractivity (Wildman–Crippen MR) is 63.0 cm³/mol. The first-order chi connectivity index (χ1) is 7.47. The molecule has 0 spiro atoms. The molecule has 94 valence electrons. The van der Waals surface area contributed by atoms with Gasteiger partial charge in [0.2, 0.25) is 5.91 Å². The molecule has 0 unspecified atom stereocenters. The van der Waals surface area contributed by atoms with Gasteiger partial charge in [-0.3, -0.25) is 9.69 Å². The van der Waals surface area contributed by atoms with Gasteiger partial charge in [-0.1, -0.05) is 13.0 Å². The van der Waals surface area contributed by atoms with E-state index in [9.17, 15) is 4.79 Å². The lowest BCUT2D eigenvalue weighted by molar-refractivity contribution is -0.122. The van der Waals surface area contributed by atoms with Crippen LogP contribution in [-0.2, 0) is 4.79 Å². The molecular formula is C11H22N2O3. The van der Waals surface area contributed by atoms with Crippen LogP contribution < -0.4 is 5.32 Å². The maximum atomic E-state index is 11.3. The Labute approximate surface area is 96.8 Å². The van der Waals surface area contributed by atoms with Gasteiger partial charge >= 0.3 is 0 Å². The molecule has 0 heterocycles. The van der Waals surface area contributed by atoms with Crippen LogP contribution in [0, 0.1) is 5.41 Å². The van der Waals surface area contributed by atoms with Crippen LogP contribution in [0.1, 0.15) is 6.92 Å². The maximum absolute atomic E-state index is 11.3. The summed E-state index contributed by atoms with van der Waals surface area (Å²) in [6.45, 7) is 6.20. The molecule has 5 nitrogen and oxygen atoms in total. The number of likely N-dealkylation sites (N-methyl/N-ethyl adjacent to an activating group) is 1. The van der Waals surface area contributed by atoms with Gasteiger partial charge in [0.1, 0.15) is 0 Å². The first-order valence-corrected chi connectivity index (χ1v) is 5.25. The fourth-order valence-electron chi connectivity index (χ4n) is 1.34. The number of nitrogens with one attached hydrogen (secondary N) is 1. The minimum Gasteiger partial charge on any atom is -0.396 e. The molecule has 0 atom stereocenters. The van der Waals surface area contributed by atoms with Gasteiger partial charge in [-0.2, -0.15) is 0 Å². The lowest BCUT2D eigenvalue weighted by atomic mass is 9.92. The van der Waals surface area contributed by atoms with Crippen LogP contribution >= 0.6 is 0 Å². The third-order valence-electron chi connectivity index (χ3n) is 2.27. The van der Waals surface area contributed by atoms with Crippen LogP contribution in [0.2, 0.25) is 0 Å². The average Bonchev–Trinajstić information content (AvgIpc) is 2.25. The van der Waals surface area contributed by atoms with Crippen molar-refractivity contribution in [3.05, 3.63) is 12.7 Å². The van der Waals surface area contributed by atoms with Crippen molar-refractivity contribution in [1.29, 1.82) is 0 Å². The van der Waals surface area contributed by atoms with E-state index in [-0.39, 0.29) is 25.7 Å². The molecule has 16 heavy (non-hydrogen) atoms. The maximum Gasteiger partial charge on any atom is 0.234 e. The molecule has 5 heteroatoms. The predicted octanol–water partition coefficient (Wildman–Crippen LogP) is -0.789. The molecule has 0 radical (unpaired) electrons. The van der Waals surface area contributed by atoms with Gasteiger partial charge in [-0.15, -0.1) is 6.58 Å². The summed E-state index contributed by atoms with van der Waals surface area (Å²) < 4.78 is 0. The van der Waals surface area contributed by atoms with Crippen molar-refractivity contribution < 1.29 is 15.0 Å². The number of aliphatic hydroxyl groups is 2. The van der Waals surface area contributed by atoms with Gasteiger partial charge < -0.3 is 15.5 Å². The zero-order valence-electron chi connectivity index (χ0n) is 10.1. The highest BCUT2D eigenvalue weighted by molar-refractivity contribution is 5.78. The molecule has 0 rings (SSSR count). The number of aliphatic hydroxyl groups excluding tert-OH is 2. The van der Waals surface area contributed by atoms with Crippen molar-refractivity contribution in [2.75, 3.05) is 39.9 Å². The van der Waals surface area contributed by atoms with Crippen molar-refractivity contribution in [2.45, 2.75) is 6.92 Å². The number of carbonyl (C=O) groups excluding carboxylic acids is 1. The smallest absolute Gasteiger partial charge is 0.234 e. The molecule has 0 aromatic heterocycles. The molecule has 0 aromatic carbocycles. The van der Waals surface area contributed by atoms with Gasteiger partial charge in [0, 0.05) is 18.5 Å². The van der Waals surface area contributed by atoms with Crippen LogP contribution in [0.25, 0.3) is 0 Å². The minimum atomic E-state index is -0.576. The van der Waals surface area contributed by atoms with Crippen molar-refractivity contribution in [3.8, 4) is 0 Å². The first kappa shape index (κ1) is 15.1. The second kappa shape index (κ2) is 7.38. The fraction of sp³-hybridized carbons (Fsp3) is 0.727. The Morgan fingerprint density at radius 3 is 2.50 bits per heavy atom. The van der Waals surface area contributed by atoms with E-state index in [2.05, 4.69) is 11.9 Å². The third-order valence-corrected chi connectivity index (χ3v) is 2.27. The number of rotatable bonds is 8. The van der Waals surface area contributed by atoms with Gasteiger partial charge in [-0.25, -0.2) is 0 Å². The normalized spacial score (nSPS) is 11.6. The lowest BCUT2D eigenvalue weighted by Crippen LogP contribution is -2.43. The van der Waals surface area contributed by atoms with Gasteiger partial charge in [0.15, 0.2) is 0 Å². The number of nitrogens with zero attached hydrogens (tertiary/aromatic N) is 1. The molecular weight excluding hydrogens is 208 g/mol. The zero-order chi connectivity index (χ0) is 12.6. The zero-order valence-corrected chi connectivity index (χ0v) is 10.1. The van der Waals surface area contributed by atoms with E-state index >= 15 is 0 Å². The average molecular weight is 230 g/mol. The molecule has 0 aliphatic heterocycles. The SMILES string of the molecule is C=CCNC(=O)CN(C)CC(C)(CO)CO. The lowest BCUT2D eigenvalue weighted by Gasteiger charge is -2.29. The first-order valence-electron chi connectivity index (χ1n) is 5.25. The van der Waals surface area contributed by atoms with E-state index in [1.54, 1.807) is 24.9 Å². The molecule has 0 fully saturated rings. The van der Waals surface area contributed by atoms with E-state index in [4.69, 9.17) is 10.2 Å². The van der Waals surface area contributed by atoms with Crippen molar-refractivity contribution >= 4 is 5.91 Å². The fourth-order valence-corrected chi connectivity index (χ4v) is 1.34. The van der Waals surface area contributed by atoms with E-state index in [1.807, 2.05) is 0 Å². The summed E-state index contributed by atoms with van der Waals surface area (Å²) in [6.07, 6.45) is 1.61. The highest BCUT2D eigenvalue weighted by atomic mass is 16.3. The molecule has 0 aliphatic rings. The number of carbonyl (C=O) groups is 1. The third kappa shape index (κ3) is 5.85. The standard InChI is InChI=1S/C11H22N2O3/c1-4-5-12-10(16)6-13(3)7-11(2,8-14)9-15/h4,14-15H,1,5-9H2,2-3H3,(H,12,16). The van der Waals surface area contributed by atoms with Crippen LogP contribution in [-0.4, -0.2) is 60.9 Å². The Morgan fingerprint density at radius 2 is 2.06 bits per heavy atom. The minimum absolute atomic E-state index is 0.0966. The van der Waals surface area contributed by atoms with Gasteiger partial charge in [-0.05, 0) is 7.05 Å². The van der Waals surface area contributed by atoms with Crippen molar-refractivity contribution in [2.24, 2.45) is 5.41 Å². The topological polar surface area (TPSA) is 72.8 Å². The van der Waals surface area contributed by atoms with E-state index in [1.165, 1.54) is 0 Å². The number of hydrogen-bond acceptors (Lipinski definition) is 4. The van der Waals surface area contributed by atoms with E-state index < -0.39 is 5.41 Å². The highest BCUT2D eigenvalue weighted by Crippen LogP contribution is 2.14. The van der Waals surface area contributed by atoms with E-state index in [0.29, 0.717) is 13.1 Å². The second-order valence-electron chi connectivity index (χ2n) is 4.39. The largest absolute Gasteiger partial charge is 0.396 e. The number of amides is 1. The second-order valence-corrected chi connectivity index (χ2v) is 4.39. The van der Waals surface area contributed by atoms with Crippen molar-refractivity contribution in [1.82, 2.24) is 10.2 Å². The Hall–Kier alpha value is -0.910. The van der Waals surface area contributed by atoms with Crippen LogP contribution in [0.15, 0.2) is 12.7 Å². The monoisotopic (exact) mass is 230 g/mol. The van der Waals surface area contributed by atoms with E-state index in [0.717, 1.165) is 0 Å². The Bertz CT molecular complexity index is 227. The highest BCUT2D eigenvalue weighted by Gasteiger charge is 2.24. The summed E-state index contributed by atoms with van der Waals surface area (Å²) in [7, 11) is 1.77. The summed E-state index contributed by atoms with van der Waals surface area (Å²) in [4.78, 5) is 13.1. The summed E-state index contributed by atoms with van der Waals surface area (Å²) in [5.41, 5.74) is -0.576. The molecule has 0 saturated heterocycles. The van der Waals surface area contributed by atoms with Crippen LogP contribution in [0.5, 0.6) is 0 Å². The van der Waals surface area contributed by atoms with Crippen LogP contribution in [0.3, 0.4) is 0 Å². The molecule has 0 aromatic rings. The summed E-state index contributed by atoms with van der Waals surface area (Å²) in [6, 6.07) is 0. The summed E-state index contributed by atoms with van der Waals surface area (Å²) >= 11 is 0. The van der Waals surface area contributed by atoms with Gasteiger partial charge in [0.25, 0.3) is 0 Å².